The minimum atomic E-state index is -0.306. The van der Waals surface area contributed by atoms with Crippen molar-refractivity contribution >= 4 is 54.9 Å². The Labute approximate surface area is 145 Å². The van der Waals surface area contributed by atoms with Gasteiger partial charge in [-0.15, -0.1) is 11.3 Å². The molecule has 0 amide bonds. The van der Waals surface area contributed by atoms with Gasteiger partial charge in [-0.3, -0.25) is 0 Å². The van der Waals surface area contributed by atoms with E-state index in [-0.39, 0.29) is 12.0 Å². The van der Waals surface area contributed by atoms with Crippen LogP contribution in [0, 0.1) is 0 Å². The van der Waals surface area contributed by atoms with E-state index in [1.54, 1.807) is 30.4 Å². The molecule has 0 aliphatic rings. The lowest BCUT2D eigenvalue weighted by Gasteiger charge is -2.15. The number of rotatable bonds is 5. The molecule has 6 heteroatoms. The topological polar surface area (TPSA) is 38.3 Å². The third kappa shape index (κ3) is 4.31. The van der Waals surface area contributed by atoms with Gasteiger partial charge in [0.1, 0.15) is 0 Å². The molecule has 3 nitrogen and oxygen atoms in total. The number of nitrogens with one attached hydrogen (secondary N) is 1. The van der Waals surface area contributed by atoms with Crippen LogP contribution in [0.4, 0.5) is 5.69 Å². The van der Waals surface area contributed by atoms with Gasteiger partial charge in [0, 0.05) is 15.0 Å². The summed E-state index contributed by atoms with van der Waals surface area (Å²) in [6.45, 7) is 4.27. The van der Waals surface area contributed by atoms with Crippen molar-refractivity contribution in [3.8, 4) is 0 Å². The highest BCUT2D eigenvalue weighted by Gasteiger charge is 2.12. The van der Waals surface area contributed by atoms with E-state index in [0.29, 0.717) is 12.2 Å². The van der Waals surface area contributed by atoms with Crippen LogP contribution >= 0.6 is 43.2 Å². The van der Waals surface area contributed by atoms with Crippen molar-refractivity contribution in [1.82, 2.24) is 0 Å². The summed E-state index contributed by atoms with van der Waals surface area (Å²) in [7, 11) is 0. The van der Waals surface area contributed by atoms with E-state index in [2.05, 4.69) is 50.2 Å². The van der Waals surface area contributed by atoms with Gasteiger partial charge in [0.05, 0.1) is 22.0 Å². The van der Waals surface area contributed by atoms with Crippen LogP contribution in [-0.4, -0.2) is 12.6 Å². The Bertz CT molecular complexity index is 642. The summed E-state index contributed by atoms with van der Waals surface area (Å²) in [5.41, 5.74) is 1.49. The molecule has 0 saturated heterocycles. The Morgan fingerprint density at radius 2 is 2.10 bits per heavy atom. The van der Waals surface area contributed by atoms with E-state index in [1.165, 1.54) is 4.88 Å². The summed E-state index contributed by atoms with van der Waals surface area (Å²) in [6, 6.07) is 9.74. The van der Waals surface area contributed by atoms with E-state index in [9.17, 15) is 4.79 Å². The molecule has 1 aromatic heterocycles. The lowest BCUT2D eigenvalue weighted by atomic mass is 10.2. The zero-order valence-electron chi connectivity index (χ0n) is 11.7. The molecule has 2 aromatic rings. The van der Waals surface area contributed by atoms with Crippen LogP contribution in [0.2, 0.25) is 0 Å². The Kier molecular flexibility index (Phi) is 5.84. The maximum atomic E-state index is 11.7. The molecular weight excluding hydrogens is 418 g/mol. The SMILES string of the molecule is CCOC(=O)c1ccc(NC(C)c2ccc(Br)s2)c(Br)c1. The summed E-state index contributed by atoms with van der Waals surface area (Å²) >= 11 is 8.67. The van der Waals surface area contributed by atoms with Gasteiger partial charge >= 0.3 is 5.97 Å². The first-order chi connectivity index (χ1) is 10.0. The fraction of sp³-hybridized carbons (Fsp3) is 0.267. The van der Waals surface area contributed by atoms with Crippen LogP contribution in [0.25, 0.3) is 0 Å². The number of anilines is 1. The van der Waals surface area contributed by atoms with Crippen molar-refractivity contribution in [2.45, 2.75) is 19.9 Å². The summed E-state index contributed by atoms with van der Waals surface area (Å²) in [6.07, 6.45) is 0. The number of ether oxygens (including phenoxy) is 1. The maximum Gasteiger partial charge on any atom is 0.338 e. The fourth-order valence-corrected chi connectivity index (χ4v) is 3.76. The molecule has 0 spiro atoms. The van der Waals surface area contributed by atoms with Crippen molar-refractivity contribution in [3.05, 3.63) is 49.0 Å². The highest BCUT2D eigenvalue weighted by molar-refractivity contribution is 9.11. The predicted molar refractivity (Wildman–Crippen MR) is 94.2 cm³/mol. The summed E-state index contributed by atoms with van der Waals surface area (Å²) in [5.74, 6) is -0.306. The third-order valence-electron chi connectivity index (χ3n) is 2.87. The first-order valence-corrected chi connectivity index (χ1v) is 8.90. The normalized spacial score (nSPS) is 12.0. The quantitative estimate of drug-likeness (QED) is 0.622. The second kappa shape index (κ2) is 7.42. The second-order valence-corrected chi connectivity index (χ2v) is 7.77. The molecule has 112 valence electrons. The molecule has 1 atom stereocenters. The molecular formula is C15H15Br2NO2S. The minimum absolute atomic E-state index is 0.186. The van der Waals surface area contributed by atoms with Gasteiger partial charge < -0.3 is 10.1 Å². The molecule has 0 saturated carbocycles. The highest BCUT2D eigenvalue weighted by Crippen LogP contribution is 2.32. The van der Waals surface area contributed by atoms with Gasteiger partial charge in [-0.2, -0.15) is 0 Å². The van der Waals surface area contributed by atoms with Crippen LogP contribution in [0.5, 0.6) is 0 Å². The minimum Gasteiger partial charge on any atom is -0.462 e. The predicted octanol–water partition coefficient (Wildman–Crippen LogP) is 5.62. The number of hydrogen-bond donors (Lipinski definition) is 1. The van der Waals surface area contributed by atoms with Gasteiger partial charge in [0.2, 0.25) is 0 Å². The van der Waals surface area contributed by atoms with E-state index >= 15 is 0 Å². The monoisotopic (exact) mass is 431 g/mol. The first kappa shape index (κ1) is 16.5. The molecule has 2 rings (SSSR count). The molecule has 0 aliphatic heterocycles. The first-order valence-electron chi connectivity index (χ1n) is 6.49. The largest absolute Gasteiger partial charge is 0.462 e. The average molecular weight is 433 g/mol. The van der Waals surface area contributed by atoms with Crippen LogP contribution < -0.4 is 5.32 Å². The molecule has 0 bridgehead atoms. The Hall–Kier alpha value is -0.850. The average Bonchev–Trinajstić information content (AvgIpc) is 2.88. The number of halogens is 2. The lowest BCUT2D eigenvalue weighted by molar-refractivity contribution is 0.0526. The summed E-state index contributed by atoms with van der Waals surface area (Å²) in [5, 5.41) is 3.43. The molecule has 21 heavy (non-hydrogen) atoms. The van der Waals surface area contributed by atoms with Crippen molar-refractivity contribution in [2.75, 3.05) is 11.9 Å². The van der Waals surface area contributed by atoms with E-state index < -0.39 is 0 Å². The molecule has 1 aromatic carbocycles. The number of carbonyl (C=O) groups is 1. The van der Waals surface area contributed by atoms with Gasteiger partial charge in [0.25, 0.3) is 0 Å². The second-order valence-electron chi connectivity index (χ2n) is 4.42. The molecule has 0 radical (unpaired) electrons. The van der Waals surface area contributed by atoms with Gasteiger partial charge in [-0.25, -0.2) is 4.79 Å². The number of esters is 1. The fourth-order valence-electron chi connectivity index (χ4n) is 1.84. The lowest BCUT2D eigenvalue weighted by Crippen LogP contribution is -2.07. The third-order valence-corrected chi connectivity index (χ3v) is 5.34. The molecule has 1 heterocycles. The highest BCUT2D eigenvalue weighted by atomic mass is 79.9. The maximum absolute atomic E-state index is 11.7. The summed E-state index contributed by atoms with van der Waals surface area (Å²) < 4.78 is 6.95. The van der Waals surface area contributed by atoms with E-state index in [4.69, 9.17) is 4.74 Å². The number of benzene rings is 1. The molecule has 1 N–H and O–H groups in total. The van der Waals surface area contributed by atoms with E-state index in [0.717, 1.165) is 13.9 Å². The van der Waals surface area contributed by atoms with Crippen LogP contribution in [0.3, 0.4) is 0 Å². The Morgan fingerprint density at radius 1 is 1.33 bits per heavy atom. The standard InChI is InChI=1S/C15H15Br2NO2S/c1-3-20-15(19)10-4-5-12(11(16)8-10)18-9(2)13-6-7-14(17)21-13/h4-9,18H,3H2,1-2H3. The van der Waals surface area contributed by atoms with Gasteiger partial charge in [0.15, 0.2) is 0 Å². The molecule has 0 fully saturated rings. The number of thiophene rings is 1. The van der Waals surface area contributed by atoms with Crippen molar-refractivity contribution < 1.29 is 9.53 Å². The zero-order valence-corrected chi connectivity index (χ0v) is 15.6. The van der Waals surface area contributed by atoms with Crippen LogP contribution in [0.15, 0.2) is 38.6 Å². The van der Waals surface area contributed by atoms with E-state index in [1.807, 2.05) is 12.1 Å². The number of carbonyl (C=O) groups excluding carboxylic acids is 1. The number of hydrogen-bond acceptors (Lipinski definition) is 4. The molecule has 0 aliphatic carbocycles. The van der Waals surface area contributed by atoms with Crippen molar-refractivity contribution in [2.24, 2.45) is 0 Å². The smallest absolute Gasteiger partial charge is 0.338 e. The van der Waals surface area contributed by atoms with Gasteiger partial charge in [-0.05, 0) is 76.0 Å². The van der Waals surface area contributed by atoms with Gasteiger partial charge in [-0.1, -0.05) is 0 Å². The van der Waals surface area contributed by atoms with Crippen LogP contribution in [0.1, 0.15) is 35.1 Å². The summed E-state index contributed by atoms with van der Waals surface area (Å²) in [4.78, 5) is 12.9. The molecule has 1 unspecified atom stereocenters. The van der Waals surface area contributed by atoms with Crippen molar-refractivity contribution in [1.29, 1.82) is 0 Å². The zero-order chi connectivity index (χ0) is 15.4. The van der Waals surface area contributed by atoms with Crippen molar-refractivity contribution in [3.63, 3.8) is 0 Å². The Morgan fingerprint density at radius 3 is 2.67 bits per heavy atom. The Balaban J connectivity index is 2.12. The van der Waals surface area contributed by atoms with Crippen LogP contribution in [-0.2, 0) is 4.74 Å².